The molecule has 0 amide bonds. The van der Waals surface area contributed by atoms with Crippen LogP contribution in [-0.2, 0) is 0 Å². The first-order valence-electron chi connectivity index (χ1n) is 18.7. The van der Waals surface area contributed by atoms with E-state index in [2.05, 4.69) is 223 Å². The van der Waals surface area contributed by atoms with Crippen LogP contribution in [0.25, 0.3) is 64.3 Å². The van der Waals surface area contributed by atoms with Crippen LogP contribution in [-0.4, -0.2) is 0 Å². The van der Waals surface area contributed by atoms with Crippen LogP contribution in [0.2, 0.25) is 0 Å². The van der Waals surface area contributed by atoms with Gasteiger partial charge >= 0.3 is 0 Å². The topological polar surface area (TPSA) is 15.3 Å². The number of nitrogens with one attached hydrogen (secondary N) is 1. The summed E-state index contributed by atoms with van der Waals surface area (Å²) in [6.07, 6.45) is 0. The number of para-hydroxylation sites is 2. The van der Waals surface area contributed by atoms with Crippen molar-refractivity contribution >= 4 is 70.7 Å². The molecule has 0 saturated heterocycles. The number of benzene rings is 9. The van der Waals surface area contributed by atoms with Crippen molar-refractivity contribution < 1.29 is 0 Å². The molecule has 0 fully saturated rings. The Labute approximate surface area is 325 Å². The number of rotatable bonds is 8. The van der Waals surface area contributed by atoms with Crippen molar-refractivity contribution in [3.63, 3.8) is 0 Å². The van der Waals surface area contributed by atoms with Gasteiger partial charge in [0, 0.05) is 54.2 Å². The molecule has 0 aliphatic heterocycles. The Morgan fingerprint density at radius 3 is 1.71 bits per heavy atom. The van der Waals surface area contributed by atoms with Gasteiger partial charge in [-0.25, -0.2) is 0 Å². The second-order valence-electron chi connectivity index (χ2n) is 13.8. The number of nitrogens with zero attached hydrogens (tertiary/aromatic N) is 1. The molecule has 0 aliphatic rings. The van der Waals surface area contributed by atoms with Gasteiger partial charge in [0.1, 0.15) is 0 Å². The van der Waals surface area contributed by atoms with Gasteiger partial charge in [-0.1, -0.05) is 158 Å². The zero-order valence-corrected chi connectivity index (χ0v) is 30.9. The molecule has 1 heterocycles. The molecule has 10 rings (SSSR count). The summed E-state index contributed by atoms with van der Waals surface area (Å²) in [7, 11) is 0. The molecular weight excluding hydrogens is 685 g/mol. The van der Waals surface area contributed by atoms with Crippen molar-refractivity contribution in [1.29, 1.82) is 0 Å². The molecule has 9 aromatic carbocycles. The van der Waals surface area contributed by atoms with Crippen LogP contribution >= 0.6 is 11.3 Å². The molecule has 55 heavy (non-hydrogen) atoms. The summed E-state index contributed by atoms with van der Waals surface area (Å²) < 4.78 is 2.68. The van der Waals surface area contributed by atoms with E-state index in [1.807, 2.05) is 11.3 Å². The number of hydrogen-bond donors (Lipinski definition) is 1. The average Bonchev–Trinajstić information content (AvgIpc) is 3.65. The molecule has 1 aromatic heterocycles. The minimum absolute atomic E-state index is 1.05. The third kappa shape index (κ3) is 6.21. The highest BCUT2D eigenvalue weighted by Crippen LogP contribution is 2.44. The summed E-state index contributed by atoms with van der Waals surface area (Å²) in [6, 6.07) is 76.2. The van der Waals surface area contributed by atoms with Gasteiger partial charge in [0.2, 0.25) is 0 Å². The van der Waals surface area contributed by atoms with Crippen molar-refractivity contribution in [2.45, 2.75) is 0 Å². The Balaban J connectivity index is 0.961. The average molecular weight is 721 g/mol. The van der Waals surface area contributed by atoms with E-state index in [1.165, 1.54) is 53.2 Å². The number of thiophene rings is 1. The lowest BCUT2D eigenvalue weighted by atomic mass is 10.0. The number of anilines is 5. The first-order chi connectivity index (χ1) is 27.3. The van der Waals surface area contributed by atoms with Crippen LogP contribution in [0.4, 0.5) is 28.4 Å². The largest absolute Gasteiger partial charge is 0.355 e. The summed E-state index contributed by atoms with van der Waals surface area (Å²) in [5.41, 5.74) is 12.6. The van der Waals surface area contributed by atoms with Crippen LogP contribution in [0.5, 0.6) is 0 Å². The number of fused-ring (bicyclic) bond motifs is 5. The maximum absolute atomic E-state index is 3.69. The molecule has 0 saturated carbocycles. The van der Waals surface area contributed by atoms with Crippen LogP contribution in [0.15, 0.2) is 212 Å². The van der Waals surface area contributed by atoms with Gasteiger partial charge in [-0.2, -0.15) is 0 Å². The van der Waals surface area contributed by atoms with Gasteiger partial charge in [-0.05, 0) is 93.2 Å². The van der Waals surface area contributed by atoms with Crippen molar-refractivity contribution in [1.82, 2.24) is 0 Å². The SMILES string of the molecule is c1ccc(-c2ccccc2Nc2cccc(-c3ccc(N(c4ccccc4)c4ccc(-c5cccc6c5sc5c7ccccc7ccc65)cc4)cc3)c2)cc1. The van der Waals surface area contributed by atoms with Crippen molar-refractivity contribution in [2.75, 3.05) is 10.2 Å². The lowest BCUT2D eigenvalue weighted by Crippen LogP contribution is -2.09. The van der Waals surface area contributed by atoms with E-state index in [-0.39, 0.29) is 0 Å². The minimum Gasteiger partial charge on any atom is -0.355 e. The van der Waals surface area contributed by atoms with E-state index in [9.17, 15) is 0 Å². The molecule has 3 heteroatoms. The summed E-state index contributed by atoms with van der Waals surface area (Å²) in [5.74, 6) is 0. The predicted octanol–water partition coefficient (Wildman–Crippen LogP) is 15.4. The minimum atomic E-state index is 1.05. The summed E-state index contributed by atoms with van der Waals surface area (Å²) in [6.45, 7) is 0. The summed E-state index contributed by atoms with van der Waals surface area (Å²) in [4.78, 5) is 2.33. The van der Waals surface area contributed by atoms with Gasteiger partial charge in [-0.15, -0.1) is 11.3 Å². The van der Waals surface area contributed by atoms with Crippen molar-refractivity contribution in [2.24, 2.45) is 0 Å². The second kappa shape index (κ2) is 14.1. The second-order valence-corrected chi connectivity index (χ2v) is 14.9. The highest BCUT2D eigenvalue weighted by atomic mass is 32.1. The molecule has 0 spiro atoms. The fraction of sp³-hybridized carbons (Fsp3) is 0. The van der Waals surface area contributed by atoms with Gasteiger partial charge in [0.05, 0.1) is 0 Å². The lowest BCUT2D eigenvalue weighted by Gasteiger charge is -2.26. The number of hydrogen-bond acceptors (Lipinski definition) is 3. The van der Waals surface area contributed by atoms with Crippen LogP contribution in [0, 0.1) is 0 Å². The Bertz CT molecular complexity index is 2930. The first-order valence-corrected chi connectivity index (χ1v) is 19.5. The van der Waals surface area contributed by atoms with Crippen LogP contribution in [0.3, 0.4) is 0 Å². The monoisotopic (exact) mass is 720 g/mol. The lowest BCUT2D eigenvalue weighted by molar-refractivity contribution is 1.28. The normalized spacial score (nSPS) is 11.3. The van der Waals surface area contributed by atoms with E-state index in [4.69, 9.17) is 0 Å². The van der Waals surface area contributed by atoms with Crippen molar-refractivity contribution in [3.8, 4) is 33.4 Å². The zero-order chi connectivity index (χ0) is 36.6. The molecular formula is C52H36N2S. The van der Waals surface area contributed by atoms with Gasteiger partial charge in [0.25, 0.3) is 0 Å². The van der Waals surface area contributed by atoms with E-state index in [0.717, 1.165) is 39.6 Å². The summed E-state index contributed by atoms with van der Waals surface area (Å²) >= 11 is 1.90. The highest BCUT2D eigenvalue weighted by molar-refractivity contribution is 7.27. The molecule has 10 aromatic rings. The third-order valence-corrected chi connectivity index (χ3v) is 11.7. The van der Waals surface area contributed by atoms with Gasteiger partial charge in [0.15, 0.2) is 0 Å². The third-order valence-electron chi connectivity index (χ3n) is 10.5. The van der Waals surface area contributed by atoms with Gasteiger partial charge < -0.3 is 10.2 Å². The molecule has 1 N–H and O–H groups in total. The predicted molar refractivity (Wildman–Crippen MR) is 238 cm³/mol. The maximum atomic E-state index is 3.69. The molecule has 0 aliphatic carbocycles. The maximum Gasteiger partial charge on any atom is 0.0463 e. The highest BCUT2D eigenvalue weighted by Gasteiger charge is 2.16. The molecule has 0 unspecified atom stereocenters. The van der Waals surface area contributed by atoms with E-state index in [0.29, 0.717) is 0 Å². The fourth-order valence-electron chi connectivity index (χ4n) is 7.76. The Kier molecular flexibility index (Phi) is 8.40. The Morgan fingerprint density at radius 1 is 0.345 bits per heavy atom. The first kappa shape index (κ1) is 32.7. The van der Waals surface area contributed by atoms with Crippen LogP contribution in [0.1, 0.15) is 0 Å². The molecule has 2 nitrogen and oxygen atoms in total. The zero-order valence-electron chi connectivity index (χ0n) is 30.1. The van der Waals surface area contributed by atoms with E-state index >= 15 is 0 Å². The molecule has 260 valence electrons. The Hall–Kier alpha value is -6.94. The van der Waals surface area contributed by atoms with E-state index < -0.39 is 0 Å². The molecule has 0 radical (unpaired) electrons. The molecule has 0 atom stereocenters. The Morgan fingerprint density at radius 2 is 0.909 bits per heavy atom. The van der Waals surface area contributed by atoms with Crippen molar-refractivity contribution in [3.05, 3.63) is 212 Å². The smallest absolute Gasteiger partial charge is 0.0463 e. The quantitative estimate of drug-likeness (QED) is 0.168. The fourth-order valence-corrected chi connectivity index (χ4v) is 9.14. The van der Waals surface area contributed by atoms with E-state index in [1.54, 1.807) is 0 Å². The standard InChI is InChI=1S/C52H36N2S/c1-3-13-37(14-4-1)45-20-9-10-24-50(45)53-41-17-11-16-40(35-41)36-25-30-43(31-26-36)54(42-18-5-2-6-19-42)44-32-27-39(28-33-44)47-22-12-23-48-49-34-29-38-15-7-8-21-46(38)52(49)55-51(47)48/h1-35,53H. The molecule has 0 bridgehead atoms. The van der Waals surface area contributed by atoms with Gasteiger partial charge in [-0.3, -0.25) is 0 Å². The summed E-state index contributed by atoms with van der Waals surface area (Å²) in [5, 5.41) is 8.93. The van der Waals surface area contributed by atoms with Crippen LogP contribution < -0.4 is 10.2 Å².